The zero-order valence-electron chi connectivity index (χ0n) is 7.90. The monoisotopic (exact) mass is 186 g/mol. The van der Waals surface area contributed by atoms with Gasteiger partial charge in [-0.15, -0.1) is 0 Å². The zero-order valence-corrected chi connectivity index (χ0v) is 8.90. The van der Waals surface area contributed by atoms with Crippen LogP contribution in [0.2, 0.25) is 6.04 Å². The van der Waals surface area contributed by atoms with E-state index < -0.39 is 8.07 Å². The number of benzene rings is 1. The molecule has 0 bridgehead atoms. The highest BCUT2D eigenvalue weighted by atomic mass is 28.3. The van der Waals surface area contributed by atoms with E-state index in [4.69, 9.17) is 0 Å². The van der Waals surface area contributed by atoms with Crippen LogP contribution in [0.5, 0.6) is 0 Å². The molecule has 0 aliphatic carbocycles. The Hall–Kier alpha value is -1.08. The Morgan fingerprint density at radius 2 is 1.62 bits per heavy atom. The molecule has 1 heterocycles. The Morgan fingerprint density at radius 1 is 1.00 bits per heavy atom. The van der Waals surface area contributed by atoms with Gasteiger partial charge in [-0.1, -0.05) is 66.0 Å². The fraction of sp³-hybridized carbons (Fsp3) is 0.167. The SMILES string of the molecule is CC[Si]1(c2ccccc2)C=CC=C1. The number of hydrogen-bond donors (Lipinski definition) is 0. The van der Waals surface area contributed by atoms with Gasteiger partial charge in [-0.25, -0.2) is 0 Å². The van der Waals surface area contributed by atoms with Crippen LogP contribution in [0.3, 0.4) is 0 Å². The summed E-state index contributed by atoms with van der Waals surface area (Å²) in [6.07, 6.45) is 4.39. The third kappa shape index (κ3) is 1.40. The van der Waals surface area contributed by atoms with E-state index in [1.54, 1.807) is 0 Å². The van der Waals surface area contributed by atoms with E-state index in [9.17, 15) is 0 Å². The second-order valence-corrected chi connectivity index (χ2v) is 7.51. The molecule has 13 heavy (non-hydrogen) atoms. The van der Waals surface area contributed by atoms with Gasteiger partial charge in [0.2, 0.25) is 0 Å². The Balaban J connectivity index is 2.44. The summed E-state index contributed by atoms with van der Waals surface area (Å²) >= 11 is 0. The van der Waals surface area contributed by atoms with Crippen LogP contribution in [-0.2, 0) is 0 Å². The van der Waals surface area contributed by atoms with Crippen molar-refractivity contribution in [3.05, 3.63) is 53.9 Å². The summed E-state index contributed by atoms with van der Waals surface area (Å²) in [6, 6.07) is 12.2. The highest BCUT2D eigenvalue weighted by molar-refractivity contribution is 7.00. The van der Waals surface area contributed by atoms with Crippen molar-refractivity contribution in [1.29, 1.82) is 0 Å². The average molecular weight is 186 g/mol. The molecule has 2 rings (SSSR count). The third-order valence-corrected chi connectivity index (χ3v) is 6.95. The van der Waals surface area contributed by atoms with Crippen LogP contribution < -0.4 is 5.19 Å². The van der Waals surface area contributed by atoms with Crippen molar-refractivity contribution in [2.24, 2.45) is 0 Å². The molecule has 1 heteroatoms. The van der Waals surface area contributed by atoms with Crippen molar-refractivity contribution in [1.82, 2.24) is 0 Å². The Kier molecular flexibility index (Phi) is 2.19. The lowest BCUT2D eigenvalue weighted by Crippen LogP contribution is -2.42. The molecule has 1 aromatic carbocycles. The second-order valence-electron chi connectivity index (χ2n) is 3.48. The van der Waals surface area contributed by atoms with Crippen LogP contribution in [0.25, 0.3) is 0 Å². The average Bonchev–Trinajstić information content (AvgIpc) is 2.69. The molecular weight excluding hydrogens is 172 g/mol. The molecule has 1 aromatic rings. The van der Waals surface area contributed by atoms with Crippen molar-refractivity contribution >= 4 is 13.3 Å². The molecule has 0 spiro atoms. The molecule has 1 aliphatic rings. The van der Waals surface area contributed by atoms with Crippen molar-refractivity contribution in [2.45, 2.75) is 13.0 Å². The van der Waals surface area contributed by atoms with Crippen LogP contribution in [0.15, 0.2) is 53.9 Å². The summed E-state index contributed by atoms with van der Waals surface area (Å²) in [5, 5.41) is 1.53. The topological polar surface area (TPSA) is 0 Å². The van der Waals surface area contributed by atoms with Crippen LogP contribution in [0.1, 0.15) is 6.92 Å². The first-order valence-corrected chi connectivity index (χ1v) is 7.16. The second kappa shape index (κ2) is 3.34. The molecule has 0 radical (unpaired) electrons. The van der Waals surface area contributed by atoms with E-state index in [1.807, 2.05) is 0 Å². The minimum atomic E-state index is -1.34. The maximum absolute atomic E-state index is 2.42. The molecule has 0 saturated carbocycles. The minimum Gasteiger partial charge on any atom is -0.0863 e. The highest BCUT2D eigenvalue weighted by Crippen LogP contribution is 2.17. The molecule has 0 atom stereocenters. The third-order valence-electron chi connectivity index (χ3n) is 2.79. The lowest BCUT2D eigenvalue weighted by molar-refractivity contribution is 1.41. The van der Waals surface area contributed by atoms with Crippen LogP contribution >= 0.6 is 0 Å². The summed E-state index contributed by atoms with van der Waals surface area (Å²) in [4.78, 5) is 0. The van der Waals surface area contributed by atoms with E-state index in [-0.39, 0.29) is 0 Å². The summed E-state index contributed by atoms with van der Waals surface area (Å²) in [5.74, 6) is 0. The molecule has 0 unspecified atom stereocenters. The fourth-order valence-corrected chi connectivity index (χ4v) is 4.99. The van der Waals surface area contributed by atoms with Crippen LogP contribution in [-0.4, -0.2) is 8.07 Å². The Bertz CT molecular complexity index is 323. The Morgan fingerprint density at radius 3 is 2.15 bits per heavy atom. The zero-order chi connectivity index (χ0) is 9.15. The minimum absolute atomic E-state index is 1.27. The van der Waals surface area contributed by atoms with Gasteiger partial charge < -0.3 is 0 Å². The molecule has 0 amide bonds. The number of rotatable bonds is 2. The molecular formula is C12H14Si. The molecule has 0 aromatic heterocycles. The highest BCUT2D eigenvalue weighted by Gasteiger charge is 2.28. The number of hydrogen-bond acceptors (Lipinski definition) is 0. The van der Waals surface area contributed by atoms with Gasteiger partial charge in [-0.3, -0.25) is 0 Å². The van der Waals surface area contributed by atoms with Crippen molar-refractivity contribution in [3.8, 4) is 0 Å². The molecule has 0 saturated heterocycles. The van der Waals surface area contributed by atoms with Crippen molar-refractivity contribution in [2.75, 3.05) is 0 Å². The van der Waals surface area contributed by atoms with Gasteiger partial charge in [-0.2, -0.15) is 0 Å². The summed E-state index contributed by atoms with van der Waals surface area (Å²) in [6.45, 7) is 2.29. The van der Waals surface area contributed by atoms with Gasteiger partial charge in [0, 0.05) is 0 Å². The van der Waals surface area contributed by atoms with E-state index >= 15 is 0 Å². The Labute approximate surface area is 80.6 Å². The molecule has 0 N–H and O–H groups in total. The van der Waals surface area contributed by atoms with E-state index in [1.165, 1.54) is 11.2 Å². The fourth-order valence-electron chi connectivity index (χ4n) is 1.89. The van der Waals surface area contributed by atoms with Gasteiger partial charge in [0.1, 0.15) is 8.07 Å². The van der Waals surface area contributed by atoms with Gasteiger partial charge in [0.15, 0.2) is 0 Å². The van der Waals surface area contributed by atoms with Gasteiger partial charge in [-0.05, 0) is 6.04 Å². The van der Waals surface area contributed by atoms with E-state index in [2.05, 4.69) is 60.8 Å². The summed E-state index contributed by atoms with van der Waals surface area (Å²) in [7, 11) is -1.34. The molecule has 1 aliphatic heterocycles. The van der Waals surface area contributed by atoms with E-state index in [0.717, 1.165) is 0 Å². The standard InChI is InChI=1S/C12H14Si/c1-2-13(10-6-7-11-13)12-8-4-3-5-9-12/h3-11H,2H2,1H3. The first kappa shape index (κ1) is 8.51. The smallest absolute Gasteiger partial charge is 0.0863 e. The molecule has 66 valence electrons. The molecule has 0 fully saturated rings. The van der Waals surface area contributed by atoms with E-state index in [0.29, 0.717) is 0 Å². The predicted molar refractivity (Wildman–Crippen MR) is 60.6 cm³/mol. The maximum Gasteiger partial charge on any atom is 0.133 e. The first-order chi connectivity index (χ1) is 6.37. The van der Waals surface area contributed by atoms with Crippen LogP contribution in [0, 0.1) is 0 Å². The predicted octanol–water partition coefficient (Wildman–Crippen LogP) is 2.57. The lowest BCUT2D eigenvalue weighted by atomic mass is 10.4. The quantitative estimate of drug-likeness (QED) is 0.623. The summed E-state index contributed by atoms with van der Waals surface area (Å²) < 4.78 is 0. The van der Waals surface area contributed by atoms with Gasteiger partial charge >= 0.3 is 0 Å². The van der Waals surface area contributed by atoms with Gasteiger partial charge in [0.05, 0.1) is 0 Å². The molecule has 0 nitrogen and oxygen atoms in total. The lowest BCUT2D eigenvalue weighted by Gasteiger charge is -2.20. The van der Waals surface area contributed by atoms with Crippen molar-refractivity contribution < 1.29 is 0 Å². The van der Waals surface area contributed by atoms with Gasteiger partial charge in [0.25, 0.3) is 0 Å². The largest absolute Gasteiger partial charge is 0.133 e. The van der Waals surface area contributed by atoms with Crippen LogP contribution in [0.4, 0.5) is 0 Å². The van der Waals surface area contributed by atoms with Crippen molar-refractivity contribution in [3.63, 3.8) is 0 Å². The summed E-state index contributed by atoms with van der Waals surface area (Å²) in [5.41, 5.74) is 4.84. The maximum atomic E-state index is 2.42. The number of allylic oxidation sites excluding steroid dienone is 2. The first-order valence-electron chi connectivity index (χ1n) is 4.80. The normalized spacial score (nSPS) is 17.9.